The minimum atomic E-state index is -0.190. The van der Waals surface area contributed by atoms with Crippen LogP contribution in [0.4, 0.5) is 11.6 Å². The summed E-state index contributed by atoms with van der Waals surface area (Å²) >= 11 is 0. The molecule has 2 N–H and O–H groups in total. The van der Waals surface area contributed by atoms with E-state index in [9.17, 15) is 4.79 Å². The van der Waals surface area contributed by atoms with Gasteiger partial charge in [0, 0.05) is 22.7 Å². The van der Waals surface area contributed by atoms with Crippen LogP contribution in [0.5, 0.6) is 0 Å². The SMILES string of the molecule is CC(C)(C)c1cc(NC(=O)CNc2ccccc2-c2ccccc2)on1. The summed E-state index contributed by atoms with van der Waals surface area (Å²) in [5, 5.41) is 9.93. The van der Waals surface area contributed by atoms with Gasteiger partial charge in [-0.1, -0.05) is 74.5 Å². The number of rotatable bonds is 5. The van der Waals surface area contributed by atoms with Crippen LogP contribution in [0.3, 0.4) is 0 Å². The molecule has 0 spiro atoms. The van der Waals surface area contributed by atoms with Crippen molar-refractivity contribution in [3.8, 4) is 11.1 Å². The minimum Gasteiger partial charge on any atom is -0.376 e. The number of amides is 1. The zero-order valence-electron chi connectivity index (χ0n) is 15.2. The zero-order valence-corrected chi connectivity index (χ0v) is 15.2. The molecule has 0 radical (unpaired) electrons. The van der Waals surface area contributed by atoms with Gasteiger partial charge in [-0.05, 0) is 11.6 Å². The third-order valence-corrected chi connectivity index (χ3v) is 3.99. The standard InChI is InChI=1S/C21H23N3O2/c1-21(2,3)18-13-20(26-24-18)23-19(25)14-22-17-12-8-7-11-16(17)15-9-5-4-6-10-15/h4-13,22H,14H2,1-3H3,(H,23,25). The smallest absolute Gasteiger partial charge is 0.246 e. The monoisotopic (exact) mass is 349 g/mol. The van der Waals surface area contributed by atoms with Gasteiger partial charge in [0.2, 0.25) is 11.8 Å². The van der Waals surface area contributed by atoms with E-state index in [1.807, 2.05) is 75.4 Å². The van der Waals surface area contributed by atoms with Crippen molar-refractivity contribution >= 4 is 17.5 Å². The predicted molar refractivity (Wildman–Crippen MR) is 104 cm³/mol. The maximum absolute atomic E-state index is 12.2. The first-order valence-corrected chi connectivity index (χ1v) is 8.59. The van der Waals surface area contributed by atoms with Gasteiger partial charge in [-0.3, -0.25) is 10.1 Å². The molecule has 0 fully saturated rings. The second-order valence-electron chi connectivity index (χ2n) is 7.14. The van der Waals surface area contributed by atoms with Gasteiger partial charge >= 0.3 is 0 Å². The second kappa shape index (κ2) is 7.44. The molecule has 0 bridgehead atoms. The van der Waals surface area contributed by atoms with Gasteiger partial charge in [-0.15, -0.1) is 0 Å². The summed E-state index contributed by atoms with van der Waals surface area (Å²) in [6.45, 7) is 6.25. The van der Waals surface area contributed by atoms with Crippen LogP contribution in [0.2, 0.25) is 0 Å². The van der Waals surface area contributed by atoms with E-state index in [-0.39, 0.29) is 17.9 Å². The quantitative estimate of drug-likeness (QED) is 0.701. The summed E-state index contributed by atoms with van der Waals surface area (Å²) in [5.41, 5.74) is 3.73. The van der Waals surface area contributed by atoms with E-state index in [0.717, 1.165) is 22.5 Å². The molecule has 2 aromatic carbocycles. The number of nitrogens with one attached hydrogen (secondary N) is 2. The van der Waals surface area contributed by atoms with Gasteiger partial charge in [0.1, 0.15) is 0 Å². The third-order valence-electron chi connectivity index (χ3n) is 3.99. The summed E-state index contributed by atoms with van der Waals surface area (Å²) < 4.78 is 5.20. The van der Waals surface area contributed by atoms with E-state index in [1.54, 1.807) is 6.07 Å². The first-order valence-electron chi connectivity index (χ1n) is 8.59. The van der Waals surface area contributed by atoms with E-state index in [0.29, 0.717) is 5.88 Å². The average Bonchev–Trinajstić information content (AvgIpc) is 3.10. The number of hydrogen-bond donors (Lipinski definition) is 2. The Balaban J connectivity index is 1.65. The lowest BCUT2D eigenvalue weighted by Gasteiger charge is -2.12. The topological polar surface area (TPSA) is 67.2 Å². The van der Waals surface area contributed by atoms with Gasteiger partial charge in [0.25, 0.3) is 0 Å². The lowest BCUT2D eigenvalue weighted by atomic mass is 9.92. The van der Waals surface area contributed by atoms with Gasteiger partial charge < -0.3 is 9.84 Å². The van der Waals surface area contributed by atoms with Crippen LogP contribution in [0, 0.1) is 0 Å². The Morgan fingerprint density at radius 3 is 2.42 bits per heavy atom. The van der Waals surface area contributed by atoms with Crippen molar-refractivity contribution in [1.82, 2.24) is 5.16 Å². The van der Waals surface area contributed by atoms with Gasteiger partial charge in [0.05, 0.1) is 12.2 Å². The fourth-order valence-electron chi connectivity index (χ4n) is 2.55. The highest BCUT2D eigenvalue weighted by Crippen LogP contribution is 2.27. The number of aromatic nitrogens is 1. The molecule has 134 valence electrons. The summed E-state index contributed by atoms with van der Waals surface area (Å²) in [6.07, 6.45) is 0. The summed E-state index contributed by atoms with van der Waals surface area (Å²) in [7, 11) is 0. The van der Waals surface area contributed by atoms with Crippen molar-refractivity contribution in [3.05, 3.63) is 66.4 Å². The Morgan fingerprint density at radius 2 is 1.73 bits per heavy atom. The van der Waals surface area contributed by atoms with E-state index in [1.165, 1.54) is 0 Å². The fraction of sp³-hybridized carbons (Fsp3) is 0.238. The molecule has 5 heteroatoms. The molecule has 0 aliphatic rings. The normalized spacial score (nSPS) is 11.2. The molecule has 26 heavy (non-hydrogen) atoms. The maximum Gasteiger partial charge on any atom is 0.246 e. The largest absolute Gasteiger partial charge is 0.376 e. The highest BCUT2D eigenvalue weighted by atomic mass is 16.5. The minimum absolute atomic E-state index is 0.126. The van der Waals surface area contributed by atoms with Crippen molar-refractivity contribution < 1.29 is 9.32 Å². The lowest BCUT2D eigenvalue weighted by molar-refractivity contribution is -0.114. The molecule has 0 aliphatic carbocycles. The van der Waals surface area contributed by atoms with Crippen LogP contribution in [0.1, 0.15) is 26.5 Å². The fourth-order valence-corrected chi connectivity index (χ4v) is 2.55. The number of para-hydroxylation sites is 1. The molecular weight excluding hydrogens is 326 g/mol. The lowest BCUT2D eigenvalue weighted by Crippen LogP contribution is -2.21. The Morgan fingerprint density at radius 1 is 1.04 bits per heavy atom. The molecule has 5 nitrogen and oxygen atoms in total. The highest BCUT2D eigenvalue weighted by Gasteiger charge is 2.19. The Kier molecular flexibility index (Phi) is 5.07. The van der Waals surface area contributed by atoms with Gasteiger partial charge in [-0.25, -0.2) is 0 Å². The van der Waals surface area contributed by atoms with E-state index >= 15 is 0 Å². The first kappa shape index (κ1) is 17.7. The molecule has 0 atom stereocenters. The highest BCUT2D eigenvalue weighted by molar-refractivity contribution is 5.93. The first-order chi connectivity index (χ1) is 12.4. The van der Waals surface area contributed by atoms with E-state index in [2.05, 4.69) is 15.8 Å². The van der Waals surface area contributed by atoms with Crippen molar-refractivity contribution in [3.63, 3.8) is 0 Å². The van der Waals surface area contributed by atoms with Crippen LogP contribution < -0.4 is 10.6 Å². The maximum atomic E-state index is 12.2. The number of nitrogens with zero attached hydrogens (tertiary/aromatic N) is 1. The van der Waals surface area contributed by atoms with E-state index in [4.69, 9.17) is 4.52 Å². The van der Waals surface area contributed by atoms with Gasteiger partial charge in [0.15, 0.2) is 0 Å². The molecule has 0 aliphatic heterocycles. The van der Waals surface area contributed by atoms with Crippen molar-refractivity contribution in [2.45, 2.75) is 26.2 Å². The number of anilines is 2. The summed E-state index contributed by atoms with van der Waals surface area (Å²) in [4.78, 5) is 12.2. The molecular formula is C21H23N3O2. The number of carbonyl (C=O) groups excluding carboxylic acids is 1. The van der Waals surface area contributed by atoms with Crippen molar-refractivity contribution in [2.75, 3.05) is 17.2 Å². The van der Waals surface area contributed by atoms with E-state index < -0.39 is 0 Å². The van der Waals surface area contributed by atoms with Crippen LogP contribution >= 0.6 is 0 Å². The van der Waals surface area contributed by atoms with Crippen molar-refractivity contribution in [1.29, 1.82) is 0 Å². The molecule has 0 saturated carbocycles. The molecule has 1 heterocycles. The second-order valence-corrected chi connectivity index (χ2v) is 7.14. The molecule has 3 rings (SSSR count). The Hall–Kier alpha value is -3.08. The number of benzene rings is 2. The molecule has 1 amide bonds. The van der Waals surface area contributed by atoms with Crippen LogP contribution in [-0.4, -0.2) is 17.6 Å². The van der Waals surface area contributed by atoms with Crippen LogP contribution in [-0.2, 0) is 10.2 Å². The van der Waals surface area contributed by atoms with Crippen molar-refractivity contribution in [2.24, 2.45) is 0 Å². The Bertz CT molecular complexity index is 880. The van der Waals surface area contributed by atoms with Gasteiger partial charge in [-0.2, -0.15) is 0 Å². The molecule has 1 aromatic heterocycles. The van der Waals surface area contributed by atoms with Crippen LogP contribution in [0.25, 0.3) is 11.1 Å². The third kappa shape index (κ3) is 4.30. The molecule has 3 aromatic rings. The average molecular weight is 349 g/mol. The summed E-state index contributed by atoms with van der Waals surface area (Å²) in [5.74, 6) is 0.169. The number of hydrogen-bond acceptors (Lipinski definition) is 4. The number of carbonyl (C=O) groups is 1. The molecule has 0 unspecified atom stereocenters. The predicted octanol–water partition coefficient (Wildman–Crippen LogP) is 4.69. The Labute approximate surface area is 153 Å². The summed E-state index contributed by atoms with van der Waals surface area (Å²) in [6, 6.07) is 19.7. The molecule has 0 saturated heterocycles. The zero-order chi connectivity index (χ0) is 18.6. The van der Waals surface area contributed by atoms with Crippen LogP contribution in [0.15, 0.2) is 65.2 Å².